The van der Waals surface area contributed by atoms with E-state index in [-0.39, 0.29) is 11.4 Å². The first-order chi connectivity index (χ1) is 8.53. The van der Waals surface area contributed by atoms with Gasteiger partial charge >= 0.3 is 0 Å². The first-order valence-electron chi connectivity index (χ1n) is 5.08. The van der Waals surface area contributed by atoms with E-state index >= 15 is 0 Å². The Morgan fingerprint density at radius 1 is 1.22 bits per heavy atom. The fraction of sp³-hybridized carbons (Fsp3) is 0.0909. The van der Waals surface area contributed by atoms with Crippen LogP contribution in [0, 0.1) is 3.57 Å². The molecule has 0 saturated heterocycles. The van der Waals surface area contributed by atoms with Crippen molar-refractivity contribution in [3.8, 4) is 0 Å². The SMILES string of the molecule is NCc1sccc1S(=O)(=O)Nc1ccc(I)cc1. The van der Waals surface area contributed by atoms with Crippen molar-refractivity contribution < 1.29 is 8.42 Å². The van der Waals surface area contributed by atoms with Gasteiger partial charge in [0.05, 0.1) is 0 Å². The van der Waals surface area contributed by atoms with Crippen molar-refractivity contribution in [2.75, 3.05) is 4.72 Å². The number of benzene rings is 1. The molecule has 0 saturated carbocycles. The molecule has 0 atom stereocenters. The highest BCUT2D eigenvalue weighted by Gasteiger charge is 2.18. The summed E-state index contributed by atoms with van der Waals surface area (Å²) in [6.07, 6.45) is 0. The zero-order valence-electron chi connectivity index (χ0n) is 9.26. The molecule has 0 aliphatic heterocycles. The van der Waals surface area contributed by atoms with Gasteiger partial charge in [-0.3, -0.25) is 4.72 Å². The quantitative estimate of drug-likeness (QED) is 0.784. The normalized spacial score (nSPS) is 11.4. The molecule has 3 N–H and O–H groups in total. The minimum Gasteiger partial charge on any atom is -0.326 e. The number of halogens is 1. The highest BCUT2D eigenvalue weighted by Crippen LogP contribution is 2.24. The minimum atomic E-state index is -3.55. The van der Waals surface area contributed by atoms with Gasteiger partial charge in [-0.05, 0) is 58.3 Å². The molecule has 7 heteroatoms. The third-order valence-electron chi connectivity index (χ3n) is 2.28. The summed E-state index contributed by atoms with van der Waals surface area (Å²) < 4.78 is 27.9. The number of rotatable bonds is 4. The van der Waals surface area contributed by atoms with Crippen LogP contribution >= 0.6 is 33.9 Å². The third-order valence-corrected chi connectivity index (χ3v) is 5.53. The first-order valence-corrected chi connectivity index (χ1v) is 8.52. The molecule has 4 nitrogen and oxygen atoms in total. The summed E-state index contributed by atoms with van der Waals surface area (Å²) in [5.74, 6) is 0. The first kappa shape index (κ1) is 13.8. The van der Waals surface area contributed by atoms with Crippen molar-refractivity contribution in [1.82, 2.24) is 0 Å². The molecule has 1 aromatic heterocycles. The van der Waals surface area contributed by atoms with Crippen molar-refractivity contribution in [3.05, 3.63) is 44.2 Å². The molecule has 1 heterocycles. The fourth-order valence-corrected chi connectivity index (χ4v) is 4.20. The van der Waals surface area contributed by atoms with Gasteiger partial charge in [-0.1, -0.05) is 0 Å². The van der Waals surface area contributed by atoms with Crippen LogP contribution in [0.5, 0.6) is 0 Å². The van der Waals surface area contributed by atoms with Gasteiger partial charge in [0, 0.05) is 20.7 Å². The molecule has 96 valence electrons. The van der Waals surface area contributed by atoms with E-state index in [0.29, 0.717) is 10.6 Å². The molecule has 0 unspecified atom stereocenters. The number of thiophene rings is 1. The summed E-state index contributed by atoms with van der Waals surface area (Å²) in [6, 6.07) is 8.72. The van der Waals surface area contributed by atoms with Crippen molar-refractivity contribution in [1.29, 1.82) is 0 Å². The van der Waals surface area contributed by atoms with E-state index in [1.165, 1.54) is 11.3 Å². The van der Waals surface area contributed by atoms with Crippen LogP contribution in [0.3, 0.4) is 0 Å². The van der Waals surface area contributed by atoms with E-state index < -0.39 is 10.0 Å². The van der Waals surface area contributed by atoms with Crippen LogP contribution in [0.4, 0.5) is 5.69 Å². The maximum atomic E-state index is 12.2. The second kappa shape index (κ2) is 5.55. The average molecular weight is 394 g/mol. The minimum absolute atomic E-state index is 0.223. The van der Waals surface area contributed by atoms with Gasteiger partial charge in [0.25, 0.3) is 10.0 Å². The molecule has 0 aliphatic rings. The maximum absolute atomic E-state index is 12.2. The predicted molar refractivity (Wildman–Crippen MR) is 82.2 cm³/mol. The predicted octanol–water partition coefficient (Wildman–Crippen LogP) is 2.61. The summed E-state index contributed by atoms with van der Waals surface area (Å²) in [4.78, 5) is 0.918. The second-order valence-electron chi connectivity index (χ2n) is 3.52. The molecule has 0 amide bonds. The van der Waals surface area contributed by atoms with Crippen LogP contribution in [-0.4, -0.2) is 8.42 Å². The average Bonchev–Trinajstić information content (AvgIpc) is 2.81. The molecule has 0 fully saturated rings. The van der Waals surface area contributed by atoms with Gasteiger partial charge < -0.3 is 5.73 Å². The van der Waals surface area contributed by atoms with E-state index in [2.05, 4.69) is 27.3 Å². The Labute approximate surface area is 123 Å². The lowest BCUT2D eigenvalue weighted by Crippen LogP contribution is -2.14. The van der Waals surface area contributed by atoms with Crippen LogP contribution < -0.4 is 10.5 Å². The van der Waals surface area contributed by atoms with E-state index in [4.69, 9.17) is 5.73 Å². The zero-order chi connectivity index (χ0) is 13.2. The molecule has 0 spiro atoms. The Morgan fingerprint density at radius 3 is 2.50 bits per heavy atom. The topological polar surface area (TPSA) is 72.2 Å². The van der Waals surface area contributed by atoms with Gasteiger partial charge in [0.15, 0.2) is 0 Å². The summed E-state index contributed by atoms with van der Waals surface area (Å²) >= 11 is 3.51. The number of anilines is 1. The molecule has 0 bridgehead atoms. The van der Waals surface area contributed by atoms with Gasteiger partial charge in [0.2, 0.25) is 0 Å². The third kappa shape index (κ3) is 3.02. The molecule has 0 radical (unpaired) electrons. The molecular formula is C11H11IN2O2S2. The number of hydrogen-bond donors (Lipinski definition) is 2. The summed E-state index contributed by atoms with van der Waals surface area (Å²) in [6.45, 7) is 0.223. The van der Waals surface area contributed by atoms with E-state index in [1.807, 2.05) is 12.1 Å². The largest absolute Gasteiger partial charge is 0.326 e. The van der Waals surface area contributed by atoms with Crippen LogP contribution in [0.1, 0.15) is 4.88 Å². The number of sulfonamides is 1. The summed E-state index contributed by atoms with van der Waals surface area (Å²) in [7, 11) is -3.55. The molecule has 0 aliphatic carbocycles. The van der Waals surface area contributed by atoms with Crippen LogP contribution in [0.25, 0.3) is 0 Å². The standard InChI is InChI=1S/C11H11IN2O2S2/c12-8-1-3-9(4-2-8)14-18(15,16)11-5-6-17-10(11)7-13/h1-6,14H,7,13H2. The van der Waals surface area contributed by atoms with Crippen molar-refractivity contribution >= 4 is 49.6 Å². The Balaban J connectivity index is 2.30. The van der Waals surface area contributed by atoms with E-state index in [1.54, 1.807) is 23.6 Å². The van der Waals surface area contributed by atoms with Gasteiger partial charge in [0.1, 0.15) is 4.90 Å². The Hall–Kier alpha value is -0.640. The van der Waals surface area contributed by atoms with Crippen LogP contribution in [0.2, 0.25) is 0 Å². The number of nitrogens with one attached hydrogen (secondary N) is 1. The number of nitrogens with two attached hydrogens (primary N) is 1. The zero-order valence-corrected chi connectivity index (χ0v) is 13.1. The lowest BCUT2D eigenvalue weighted by atomic mass is 10.3. The molecule has 2 aromatic rings. The van der Waals surface area contributed by atoms with Gasteiger partial charge in [-0.15, -0.1) is 11.3 Å². The monoisotopic (exact) mass is 394 g/mol. The van der Waals surface area contributed by atoms with Crippen molar-refractivity contribution in [3.63, 3.8) is 0 Å². The maximum Gasteiger partial charge on any atom is 0.263 e. The van der Waals surface area contributed by atoms with Gasteiger partial charge in [-0.25, -0.2) is 8.42 Å². The van der Waals surface area contributed by atoms with Crippen molar-refractivity contribution in [2.45, 2.75) is 11.4 Å². The highest BCUT2D eigenvalue weighted by atomic mass is 127. The highest BCUT2D eigenvalue weighted by molar-refractivity contribution is 14.1. The fourth-order valence-electron chi connectivity index (χ4n) is 1.45. The Kier molecular flexibility index (Phi) is 4.25. The second-order valence-corrected chi connectivity index (χ2v) is 7.42. The van der Waals surface area contributed by atoms with Crippen molar-refractivity contribution in [2.24, 2.45) is 5.73 Å². The lowest BCUT2D eigenvalue weighted by molar-refractivity contribution is 0.600. The molecule has 1 aromatic carbocycles. The molecular weight excluding hydrogens is 383 g/mol. The number of hydrogen-bond acceptors (Lipinski definition) is 4. The van der Waals surface area contributed by atoms with Crippen LogP contribution in [-0.2, 0) is 16.6 Å². The lowest BCUT2D eigenvalue weighted by Gasteiger charge is -2.08. The van der Waals surface area contributed by atoms with E-state index in [9.17, 15) is 8.42 Å². The van der Waals surface area contributed by atoms with Crippen LogP contribution in [0.15, 0.2) is 40.6 Å². The Bertz CT molecular complexity index is 635. The van der Waals surface area contributed by atoms with Gasteiger partial charge in [-0.2, -0.15) is 0 Å². The van der Waals surface area contributed by atoms with E-state index in [0.717, 1.165) is 3.57 Å². The molecule has 2 rings (SSSR count). The summed E-state index contributed by atoms with van der Waals surface area (Å²) in [5.41, 5.74) is 6.07. The summed E-state index contributed by atoms with van der Waals surface area (Å²) in [5, 5.41) is 1.73. The Morgan fingerprint density at radius 2 is 1.89 bits per heavy atom. The smallest absolute Gasteiger partial charge is 0.263 e. The molecule has 18 heavy (non-hydrogen) atoms.